The molecule has 0 atom stereocenters. The fourth-order valence-electron chi connectivity index (χ4n) is 1.96. The van der Waals surface area contributed by atoms with Gasteiger partial charge in [0.15, 0.2) is 0 Å². The number of aromatic hydroxyl groups is 2. The van der Waals surface area contributed by atoms with Crippen LogP contribution in [0.5, 0.6) is 11.5 Å². The third-order valence-corrected chi connectivity index (χ3v) is 2.89. The Bertz CT molecular complexity index is 687. The molecule has 18 heavy (non-hydrogen) atoms. The van der Waals surface area contributed by atoms with Crippen molar-refractivity contribution in [2.45, 2.75) is 6.42 Å². The first-order valence-electron chi connectivity index (χ1n) is 5.65. The molecule has 1 aromatic carbocycles. The summed E-state index contributed by atoms with van der Waals surface area (Å²) in [6.07, 6.45) is 4.07. The number of fused-ring (bicyclic) bond motifs is 1. The van der Waals surface area contributed by atoms with Crippen LogP contribution in [0.15, 0.2) is 48.8 Å². The quantitative estimate of drug-likeness (QED) is 0.722. The van der Waals surface area contributed by atoms with Gasteiger partial charge in [-0.15, -0.1) is 0 Å². The van der Waals surface area contributed by atoms with Gasteiger partial charge < -0.3 is 10.2 Å². The zero-order chi connectivity index (χ0) is 12.5. The zero-order valence-corrected chi connectivity index (χ0v) is 9.61. The molecule has 0 saturated heterocycles. The molecule has 0 aliphatic rings. The van der Waals surface area contributed by atoms with Crippen LogP contribution >= 0.6 is 0 Å². The fourth-order valence-corrected chi connectivity index (χ4v) is 1.96. The number of phenols is 1. The van der Waals surface area contributed by atoms with Crippen LogP contribution in [0, 0.1) is 0 Å². The van der Waals surface area contributed by atoms with Crippen molar-refractivity contribution in [3.63, 3.8) is 0 Å². The van der Waals surface area contributed by atoms with Gasteiger partial charge in [-0.25, -0.2) is 4.98 Å². The Balaban J connectivity index is 1.99. The van der Waals surface area contributed by atoms with Crippen molar-refractivity contribution in [3.05, 3.63) is 60.2 Å². The van der Waals surface area contributed by atoms with E-state index in [0.717, 1.165) is 16.9 Å². The SMILES string of the molecule is Oc1ccc(Cc2ncc3ccc(O)cn23)cc1. The van der Waals surface area contributed by atoms with Crippen molar-refractivity contribution in [1.82, 2.24) is 9.38 Å². The van der Waals surface area contributed by atoms with Crippen LogP contribution in [0.2, 0.25) is 0 Å². The van der Waals surface area contributed by atoms with Crippen LogP contribution in [0.4, 0.5) is 0 Å². The molecule has 0 aliphatic carbocycles. The van der Waals surface area contributed by atoms with Crippen LogP contribution in [0.1, 0.15) is 11.4 Å². The average Bonchev–Trinajstić information content (AvgIpc) is 2.75. The lowest BCUT2D eigenvalue weighted by molar-refractivity contribution is 0.471. The van der Waals surface area contributed by atoms with Gasteiger partial charge in [0.2, 0.25) is 0 Å². The number of imidazole rings is 1. The van der Waals surface area contributed by atoms with E-state index >= 15 is 0 Å². The second kappa shape index (κ2) is 4.07. The lowest BCUT2D eigenvalue weighted by Gasteiger charge is -2.02. The van der Waals surface area contributed by atoms with Crippen LogP contribution in [-0.4, -0.2) is 19.6 Å². The van der Waals surface area contributed by atoms with Crippen LogP contribution < -0.4 is 0 Å². The minimum Gasteiger partial charge on any atom is -0.508 e. The van der Waals surface area contributed by atoms with Gasteiger partial charge >= 0.3 is 0 Å². The summed E-state index contributed by atoms with van der Waals surface area (Å²) in [4.78, 5) is 4.34. The topological polar surface area (TPSA) is 57.8 Å². The lowest BCUT2D eigenvalue weighted by atomic mass is 10.1. The van der Waals surface area contributed by atoms with E-state index in [1.807, 2.05) is 22.6 Å². The van der Waals surface area contributed by atoms with E-state index in [1.165, 1.54) is 0 Å². The number of benzene rings is 1. The van der Waals surface area contributed by atoms with E-state index in [9.17, 15) is 10.2 Å². The van der Waals surface area contributed by atoms with Crippen molar-refractivity contribution < 1.29 is 10.2 Å². The van der Waals surface area contributed by atoms with Gasteiger partial charge in [-0.2, -0.15) is 0 Å². The summed E-state index contributed by atoms with van der Waals surface area (Å²) in [6.45, 7) is 0. The summed E-state index contributed by atoms with van der Waals surface area (Å²) in [6, 6.07) is 10.5. The summed E-state index contributed by atoms with van der Waals surface area (Å²) in [7, 11) is 0. The molecule has 4 heteroatoms. The van der Waals surface area contributed by atoms with E-state index in [0.29, 0.717) is 6.42 Å². The first-order valence-corrected chi connectivity index (χ1v) is 5.65. The van der Waals surface area contributed by atoms with E-state index in [1.54, 1.807) is 30.6 Å². The zero-order valence-electron chi connectivity index (χ0n) is 9.61. The Morgan fingerprint density at radius 2 is 1.67 bits per heavy atom. The number of aromatic nitrogens is 2. The Labute approximate surface area is 104 Å². The van der Waals surface area contributed by atoms with E-state index < -0.39 is 0 Å². The second-order valence-electron chi connectivity index (χ2n) is 4.20. The molecule has 3 rings (SSSR count). The van der Waals surface area contributed by atoms with Crippen LogP contribution in [-0.2, 0) is 6.42 Å². The molecule has 0 fully saturated rings. The second-order valence-corrected chi connectivity index (χ2v) is 4.20. The minimum atomic E-state index is 0.215. The molecule has 0 unspecified atom stereocenters. The van der Waals surface area contributed by atoms with Crippen molar-refractivity contribution >= 4 is 5.52 Å². The molecule has 0 aliphatic heterocycles. The molecule has 2 heterocycles. The highest BCUT2D eigenvalue weighted by Gasteiger charge is 2.05. The third-order valence-electron chi connectivity index (χ3n) is 2.89. The molecule has 0 saturated carbocycles. The summed E-state index contributed by atoms with van der Waals surface area (Å²) in [5.41, 5.74) is 2.00. The number of rotatable bonds is 2. The van der Waals surface area contributed by atoms with Gasteiger partial charge in [-0.3, -0.25) is 4.40 Å². The Morgan fingerprint density at radius 1 is 0.944 bits per heavy atom. The third kappa shape index (κ3) is 1.88. The molecular weight excluding hydrogens is 228 g/mol. The first-order chi connectivity index (χ1) is 8.72. The van der Waals surface area contributed by atoms with Gasteiger partial charge in [0.25, 0.3) is 0 Å². The maximum atomic E-state index is 9.49. The molecule has 0 spiro atoms. The standard InChI is InChI=1S/C14H12N2O2/c17-12-4-1-10(2-5-12)7-14-15-8-11-3-6-13(18)9-16(11)14/h1-6,8-9,17-18H,7H2. The van der Waals surface area contributed by atoms with Crippen LogP contribution in [0.25, 0.3) is 5.52 Å². The van der Waals surface area contributed by atoms with E-state index in [2.05, 4.69) is 4.98 Å². The molecule has 90 valence electrons. The largest absolute Gasteiger partial charge is 0.508 e. The van der Waals surface area contributed by atoms with Crippen molar-refractivity contribution in [3.8, 4) is 11.5 Å². The van der Waals surface area contributed by atoms with Gasteiger partial charge in [-0.05, 0) is 29.8 Å². The Hall–Kier alpha value is -2.49. The number of hydrogen-bond donors (Lipinski definition) is 2. The molecule has 2 N–H and O–H groups in total. The van der Waals surface area contributed by atoms with Crippen molar-refractivity contribution in [2.75, 3.05) is 0 Å². The average molecular weight is 240 g/mol. The highest BCUT2D eigenvalue weighted by Crippen LogP contribution is 2.17. The number of hydrogen-bond acceptors (Lipinski definition) is 3. The number of pyridine rings is 1. The summed E-state index contributed by atoms with van der Waals surface area (Å²) in [5.74, 6) is 1.32. The molecular formula is C14H12N2O2. The highest BCUT2D eigenvalue weighted by molar-refractivity contribution is 5.48. The smallest absolute Gasteiger partial charge is 0.132 e. The molecule has 3 aromatic rings. The molecule has 4 nitrogen and oxygen atoms in total. The Kier molecular flexibility index (Phi) is 2.41. The van der Waals surface area contributed by atoms with Crippen LogP contribution in [0.3, 0.4) is 0 Å². The molecule has 2 aromatic heterocycles. The molecule has 0 amide bonds. The van der Waals surface area contributed by atoms with Gasteiger partial charge in [0.05, 0.1) is 17.9 Å². The lowest BCUT2D eigenvalue weighted by Crippen LogP contribution is -1.95. The minimum absolute atomic E-state index is 0.215. The monoisotopic (exact) mass is 240 g/mol. The summed E-state index contributed by atoms with van der Waals surface area (Å²) in [5, 5.41) is 18.7. The molecule has 0 bridgehead atoms. The summed E-state index contributed by atoms with van der Waals surface area (Å²) >= 11 is 0. The maximum absolute atomic E-state index is 9.49. The normalized spacial score (nSPS) is 10.9. The predicted molar refractivity (Wildman–Crippen MR) is 67.8 cm³/mol. The Morgan fingerprint density at radius 3 is 2.44 bits per heavy atom. The predicted octanol–water partition coefficient (Wildman–Crippen LogP) is 2.34. The van der Waals surface area contributed by atoms with Crippen molar-refractivity contribution in [1.29, 1.82) is 0 Å². The summed E-state index contributed by atoms with van der Waals surface area (Å²) < 4.78 is 1.86. The number of phenolic OH excluding ortho intramolecular Hbond substituents is 1. The fraction of sp³-hybridized carbons (Fsp3) is 0.0714. The highest BCUT2D eigenvalue weighted by atomic mass is 16.3. The van der Waals surface area contributed by atoms with Gasteiger partial charge in [0.1, 0.15) is 17.3 Å². The van der Waals surface area contributed by atoms with Gasteiger partial charge in [0, 0.05) is 6.42 Å². The van der Waals surface area contributed by atoms with Crippen molar-refractivity contribution in [2.24, 2.45) is 0 Å². The maximum Gasteiger partial charge on any atom is 0.132 e. The number of nitrogens with zero attached hydrogens (tertiary/aromatic N) is 2. The van der Waals surface area contributed by atoms with Gasteiger partial charge in [-0.1, -0.05) is 12.1 Å². The molecule has 0 radical (unpaired) electrons. The van der Waals surface area contributed by atoms with E-state index in [-0.39, 0.29) is 11.5 Å². The van der Waals surface area contributed by atoms with E-state index in [4.69, 9.17) is 0 Å². The first kappa shape index (κ1) is 10.7.